The summed E-state index contributed by atoms with van der Waals surface area (Å²) in [5.74, 6) is -0.289. The molecule has 86 valence electrons. The topological polar surface area (TPSA) is 46.5 Å². The number of esters is 1. The fourth-order valence-corrected chi connectivity index (χ4v) is 2.77. The number of aliphatic hydroxyl groups is 1. The third kappa shape index (κ3) is 3.00. The van der Waals surface area contributed by atoms with Crippen LogP contribution < -0.4 is 0 Å². The summed E-state index contributed by atoms with van der Waals surface area (Å²) in [4.78, 5) is 11.6. The molecule has 1 aliphatic rings. The van der Waals surface area contributed by atoms with Crippen LogP contribution in [0, 0.1) is 0 Å². The van der Waals surface area contributed by atoms with Gasteiger partial charge in [0.25, 0.3) is 0 Å². The molecular formula is C12H14O3S. The fraction of sp³-hybridized carbons (Fsp3) is 0.417. The molecule has 4 heteroatoms. The zero-order valence-electron chi connectivity index (χ0n) is 8.83. The molecule has 0 aliphatic carbocycles. The number of carbonyl (C=O) groups is 1. The zero-order valence-corrected chi connectivity index (χ0v) is 9.65. The minimum atomic E-state index is -0.291. The summed E-state index contributed by atoms with van der Waals surface area (Å²) in [5, 5.41) is 9.54. The maximum atomic E-state index is 11.6. The summed E-state index contributed by atoms with van der Waals surface area (Å²) >= 11 is 1.48. The molecule has 0 spiro atoms. The lowest BCUT2D eigenvalue weighted by Gasteiger charge is -2.09. The molecule has 16 heavy (non-hydrogen) atoms. The second-order valence-electron chi connectivity index (χ2n) is 3.75. The molecule has 1 fully saturated rings. The Morgan fingerprint density at radius 1 is 1.38 bits per heavy atom. The Morgan fingerprint density at radius 3 is 2.75 bits per heavy atom. The van der Waals surface area contributed by atoms with Crippen molar-refractivity contribution in [3.8, 4) is 0 Å². The van der Waals surface area contributed by atoms with Crippen LogP contribution in [-0.2, 0) is 4.74 Å². The Labute approximate surface area is 98.8 Å². The lowest BCUT2D eigenvalue weighted by Crippen LogP contribution is -2.14. The normalized spacial score (nSPS) is 24.3. The molecule has 2 rings (SSSR count). The molecule has 0 bridgehead atoms. The van der Waals surface area contributed by atoms with E-state index in [4.69, 9.17) is 4.74 Å². The van der Waals surface area contributed by atoms with Crippen molar-refractivity contribution in [2.75, 3.05) is 6.61 Å². The number of carbonyl (C=O) groups excluding carboxylic acids is 1. The van der Waals surface area contributed by atoms with Crippen molar-refractivity contribution in [1.29, 1.82) is 0 Å². The first-order valence-electron chi connectivity index (χ1n) is 5.31. The molecule has 1 N–H and O–H groups in total. The first kappa shape index (κ1) is 11.5. The van der Waals surface area contributed by atoms with Gasteiger partial charge in [-0.2, -0.15) is 0 Å². The lowest BCUT2D eigenvalue weighted by molar-refractivity contribution is 0.0506. The van der Waals surface area contributed by atoms with Crippen LogP contribution in [0.1, 0.15) is 23.2 Å². The molecule has 1 aromatic carbocycles. The Morgan fingerprint density at radius 2 is 2.12 bits per heavy atom. The highest BCUT2D eigenvalue weighted by Crippen LogP contribution is 2.31. The second-order valence-corrected chi connectivity index (χ2v) is 5.24. The first-order chi connectivity index (χ1) is 7.75. The van der Waals surface area contributed by atoms with E-state index in [9.17, 15) is 9.90 Å². The number of aliphatic hydroxyl groups excluding tert-OH is 1. The highest BCUT2D eigenvalue weighted by Gasteiger charge is 2.24. The average Bonchev–Trinajstić information content (AvgIpc) is 2.73. The minimum Gasteiger partial charge on any atom is -0.461 e. The van der Waals surface area contributed by atoms with Crippen LogP contribution in [0.25, 0.3) is 0 Å². The summed E-state index contributed by atoms with van der Waals surface area (Å²) in [6.07, 6.45) is 1.70. The van der Waals surface area contributed by atoms with Crippen LogP contribution in [0.3, 0.4) is 0 Å². The number of rotatable bonds is 3. The number of benzene rings is 1. The van der Waals surface area contributed by atoms with Crippen LogP contribution in [0.15, 0.2) is 30.3 Å². The van der Waals surface area contributed by atoms with Gasteiger partial charge in [-0.05, 0) is 25.0 Å². The Bertz CT molecular complexity index is 353. The van der Waals surface area contributed by atoms with E-state index < -0.39 is 0 Å². The molecule has 3 nitrogen and oxygen atoms in total. The molecule has 1 saturated heterocycles. The van der Waals surface area contributed by atoms with Crippen molar-refractivity contribution in [2.45, 2.75) is 23.5 Å². The van der Waals surface area contributed by atoms with E-state index >= 15 is 0 Å². The predicted molar refractivity (Wildman–Crippen MR) is 63.3 cm³/mol. The Balaban J connectivity index is 1.80. The molecule has 1 unspecified atom stereocenters. The average molecular weight is 238 g/mol. The minimum absolute atomic E-state index is 0.239. The highest BCUT2D eigenvalue weighted by atomic mass is 32.2. The van der Waals surface area contributed by atoms with Crippen molar-refractivity contribution in [3.63, 3.8) is 0 Å². The van der Waals surface area contributed by atoms with E-state index in [1.54, 1.807) is 12.1 Å². The van der Waals surface area contributed by atoms with Gasteiger partial charge in [0.15, 0.2) is 0 Å². The largest absolute Gasteiger partial charge is 0.461 e. The molecule has 0 aromatic heterocycles. The molecule has 0 radical (unpaired) electrons. The third-order valence-corrected chi connectivity index (χ3v) is 3.80. The smallest absolute Gasteiger partial charge is 0.338 e. The van der Waals surface area contributed by atoms with Gasteiger partial charge in [0, 0.05) is 5.25 Å². The summed E-state index contributed by atoms with van der Waals surface area (Å²) in [6.45, 7) is 0.384. The molecule has 0 amide bonds. The molecule has 1 heterocycles. The number of thioether (sulfide) groups is 1. The third-order valence-electron chi connectivity index (χ3n) is 2.49. The van der Waals surface area contributed by atoms with Crippen molar-refractivity contribution in [1.82, 2.24) is 0 Å². The van der Waals surface area contributed by atoms with Gasteiger partial charge in [0.1, 0.15) is 6.61 Å². The van der Waals surface area contributed by atoms with Gasteiger partial charge in [-0.15, -0.1) is 11.8 Å². The van der Waals surface area contributed by atoms with Gasteiger partial charge in [-0.3, -0.25) is 0 Å². The lowest BCUT2D eigenvalue weighted by atomic mass is 10.2. The van der Waals surface area contributed by atoms with Crippen molar-refractivity contribution < 1.29 is 14.6 Å². The number of hydrogen-bond donors (Lipinski definition) is 1. The van der Waals surface area contributed by atoms with E-state index in [1.807, 2.05) is 18.2 Å². The number of ether oxygens (including phenoxy) is 1. The van der Waals surface area contributed by atoms with Crippen molar-refractivity contribution in [2.24, 2.45) is 0 Å². The SMILES string of the molecule is O=C(OC[C@H]1CCC(O)S1)c1ccccc1. The second kappa shape index (κ2) is 5.37. The summed E-state index contributed by atoms with van der Waals surface area (Å²) in [6, 6.07) is 8.95. The Kier molecular flexibility index (Phi) is 3.85. The van der Waals surface area contributed by atoms with Crippen molar-refractivity contribution in [3.05, 3.63) is 35.9 Å². The quantitative estimate of drug-likeness (QED) is 0.819. The van der Waals surface area contributed by atoms with Crippen LogP contribution in [0.4, 0.5) is 0 Å². The van der Waals surface area contributed by atoms with Gasteiger partial charge in [0.2, 0.25) is 0 Å². The van der Waals surface area contributed by atoms with E-state index in [1.165, 1.54) is 11.8 Å². The van der Waals surface area contributed by atoms with Gasteiger partial charge in [-0.1, -0.05) is 18.2 Å². The predicted octanol–water partition coefficient (Wildman–Crippen LogP) is 2.06. The summed E-state index contributed by atoms with van der Waals surface area (Å²) in [5.41, 5.74) is 0.284. The van der Waals surface area contributed by atoms with E-state index in [-0.39, 0.29) is 16.7 Å². The first-order valence-corrected chi connectivity index (χ1v) is 6.25. The standard InChI is InChI=1S/C12H14O3S/c13-11-7-6-10(16-11)8-15-12(14)9-4-2-1-3-5-9/h1-5,10-11,13H,6-8H2/t10-,11?/m1/s1. The van der Waals surface area contributed by atoms with Crippen LogP contribution in [0.2, 0.25) is 0 Å². The van der Waals surface area contributed by atoms with Crippen LogP contribution in [-0.4, -0.2) is 28.4 Å². The molecule has 1 aromatic rings. The van der Waals surface area contributed by atoms with Gasteiger partial charge in [0.05, 0.1) is 11.0 Å². The monoisotopic (exact) mass is 238 g/mol. The molecule has 0 saturated carbocycles. The van der Waals surface area contributed by atoms with E-state index in [0.29, 0.717) is 12.2 Å². The summed E-state index contributed by atoms with van der Waals surface area (Å²) < 4.78 is 5.19. The molecule has 2 atom stereocenters. The van der Waals surface area contributed by atoms with Crippen molar-refractivity contribution >= 4 is 17.7 Å². The van der Waals surface area contributed by atoms with Gasteiger partial charge < -0.3 is 9.84 Å². The van der Waals surface area contributed by atoms with Gasteiger partial charge >= 0.3 is 5.97 Å². The maximum absolute atomic E-state index is 11.6. The van der Waals surface area contributed by atoms with E-state index in [0.717, 1.165) is 12.8 Å². The molecule has 1 aliphatic heterocycles. The van der Waals surface area contributed by atoms with Crippen LogP contribution >= 0.6 is 11.8 Å². The zero-order chi connectivity index (χ0) is 11.4. The summed E-state index contributed by atoms with van der Waals surface area (Å²) in [7, 11) is 0. The Hall–Kier alpha value is -1.00. The van der Waals surface area contributed by atoms with Gasteiger partial charge in [-0.25, -0.2) is 4.79 Å². The number of hydrogen-bond acceptors (Lipinski definition) is 4. The maximum Gasteiger partial charge on any atom is 0.338 e. The van der Waals surface area contributed by atoms with Crippen LogP contribution in [0.5, 0.6) is 0 Å². The highest BCUT2D eigenvalue weighted by molar-refractivity contribution is 8.00. The molecular weight excluding hydrogens is 224 g/mol. The fourth-order valence-electron chi connectivity index (χ4n) is 1.64. The van der Waals surface area contributed by atoms with E-state index in [2.05, 4.69) is 0 Å².